The van der Waals surface area contributed by atoms with Crippen molar-refractivity contribution >= 4 is 28.2 Å². The molecule has 0 amide bonds. The van der Waals surface area contributed by atoms with E-state index in [9.17, 15) is 18.3 Å². The van der Waals surface area contributed by atoms with E-state index < -0.39 is 11.7 Å². The third kappa shape index (κ3) is 2.33. The number of aliphatic hydroxyl groups is 1. The van der Waals surface area contributed by atoms with E-state index in [2.05, 4.69) is 4.98 Å². The number of aliphatic hydroxyl groups excluding tert-OH is 1. The van der Waals surface area contributed by atoms with Crippen molar-refractivity contribution in [1.29, 1.82) is 0 Å². The van der Waals surface area contributed by atoms with Gasteiger partial charge in [-0.3, -0.25) is 0 Å². The SMILES string of the molecule is OC1CC(c2cn3cc(I)cc(C(F)(F)F)c3n2)C1. The molecular weight excluding hydrogens is 372 g/mol. The fourth-order valence-electron chi connectivity index (χ4n) is 2.32. The molecule has 1 fully saturated rings. The van der Waals surface area contributed by atoms with Crippen LogP contribution in [0.25, 0.3) is 5.65 Å². The first kappa shape index (κ1) is 13.2. The van der Waals surface area contributed by atoms with Crippen LogP contribution in [0, 0.1) is 3.57 Å². The number of alkyl halides is 3. The summed E-state index contributed by atoms with van der Waals surface area (Å²) in [6.07, 6.45) is -0.369. The second-order valence-corrected chi connectivity index (χ2v) is 6.03. The lowest BCUT2D eigenvalue weighted by Gasteiger charge is -2.29. The Morgan fingerprint density at radius 2 is 2.00 bits per heavy atom. The average Bonchev–Trinajstić information content (AvgIpc) is 2.65. The minimum absolute atomic E-state index is 0.0636. The van der Waals surface area contributed by atoms with Gasteiger partial charge in [-0.2, -0.15) is 13.2 Å². The predicted octanol–water partition coefficient (Wildman–Crippen LogP) is 3.20. The van der Waals surface area contributed by atoms with Gasteiger partial charge in [-0.25, -0.2) is 4.98 Å². The number of imidazole rings is 1. The molecule has 1 aliphatic rings. The molecule has 0 bridgehead atoms. The number of pyridine rings is 1. The van der Waals surface area contributed by atoms with E-state index in [-0.39, 0.29) is 17.7 Å². The van der Waals surface area contributed by atoms with Gasteiger partial charge in [0.15, 0.2) is 0 Å². The van der Waals surface area contributed by atoms with Crippen LogP contribution >= 0.6 is 22.6 Å². The van der Waals surface area contributed by atoms with Gasteiger partial charge in [-0.15, -0.1) is 0 Å². The lowest BCUT2D eigenvalue weighted by atomic mass is 9.80. The van der Waals surface area contributed by atoms with E-state index >= 15 is 0 Å². The number of fused-ring (bicyclic) bond motifs is 1. The maximum Gasteiger partial charge on any atom is 0.420 e. The van der Waals surface area contributed by atoms with Gasteiger partial charge in [-0.1, -0.05) is 0 Å². The maximum absolute atomic E-state index is 13.0. The van der Waals surface area contributed by atoms with Crippen LogP contribution in [0.2, 0.25) is 0 Å². The highest BCUT2D eigenvalue weighted by Crippen LogP contribution is 2.38. The van der Waals surface area contributed by atoms with Crippen LogP contribution in [-0.4, -0.2) is 20.6 Å². The van der Waals surface area contributed by atoms with Gasteiger partial charge in [0.25, 0.3) is 0 Å². The molecule has 3 rings (SSSR count). The zero-order valence-electron chi connectivity index (χ0n) is 9.65. The van der Waals surface area contributed by atoms with Crippen molar-refractivity contribution < 1.29 is 18.3 Å². The number of halogens is 4. The van der Waals surface area contributed by atoms with Crippen molar-refractivity contribution in [3.05, 3.63) is 33.3 Å². The molecule has 0 aliphatic heterocycles. The highest BCUT2D eigenvalue weighted by molar-refractivity contribution is 14.1. The molecule has 7 heteroatoms. The molecule has 2 heterocycles. The van der Waals surface area contributed by atoms with Crippen molar-refractivity contribution in [3.8, 4) is 0 Å². The standard InChI is InChI=1S/C12H10F3IN2O/c13-12(14,15)9-3-7(16)4-18-5-10(17-11(9)18)6-1-8(19)2-6/h3-6,8,19H,1-2H2. The van der Waals surface area contributed by atoms with E-state index in [0.29, 0.717) is 22.1 Å². The molecule has 0 unspecified atom stereocenters. The molecule has 0 radical (unpaired) electrons. The summed E-state index contributed by atoms with van der Waals surface area (Å²) in [5.74, 6) is 0.0636. The van der Waals surface area contributed by atoms with Gasteiger partial charge in [0.2, 0.25) is 0 Å². The van der Waals surface area contributed by atoms with Crippen molar-refractivity contribution in [2.45, 2.75) is 31.0 Å². The van der Waals surface area contributed by atoms with E-state index in [1.165, 1.54) is 4.40 Å². The minimum Gasteiger partial charge on any atom is -0.393 e. The largest absolute Gasteiger partial charge is 0.420 e. The van der Waals surface area contributed by atoms with Crippen molar-refractivity contribution in [3.63, 3.8) is 0 Å². The first-order chi connectivity index (χ1) is 8.84. The zero-order chi connectivity index (χ0) is 13.8. The molecule has 1 N–H and O–H groups in total. The topological polar surface area (TPSA) is 37.5 Å². The molecule has 3 nitrogen and oxygen atoms in total. The minimum atomic E-state index is -4.41. The van der Waals surface area contributed by atoms with Crippen LogP contribution in [-0.2, 0) is 6.18 Å². The number of nitrogens with zero attached hydrogens (tertiary/aromatic N) is 2. The van der Waals surface area contributed by atoms with E-state index in [1.54, 1.807) is 12.4 Å². The van der Waals surface area contributed by atoms with Gasteiger partial charge < -0.3 is 9.51 Å². The zero-order valence-corrected chi connectivity index (χ0v) is 11.8. The molecule has 1 aliphatic carbocycles. The monoisotopic (exact) mass is 382 g/mol. The Bertz CT molecular complexity index is 632. The average molecular weight is 382 g/mol. The van der Waals surface area contributed by atoms with Crippen LogP contribution < -0.4 is 0 Å². The fraction of sp³-hybridized carbons (Fsp3) is 0.417. The number of hydrogen-bond donors (Lipinski definition) is 1. The van der Waals surface area contributed by atoms with Crippen LogP contribution in [0.1, 0.15) is 30.0 Å². The van der Waals surface area contributed by atoms with Crippen LogP contribution in [0.4, 0.5) is 13.2 Å². The molecule has 0 aromatic carbocycles. The van der Waals surface area contributed by atoms with Crippen LogP contribution in [0.3, 0.4) is 0 Å². The molecule has 102 valence electrons. The lowest BCUT2D eigenvalue weighted by Crippen LogP contribution is -2.26. The predicted molar refractivity (Wildman–Crippen MR) is 70.9 cm³/mol. The van der Waals surface area contributed by atoms with E-state index in [4.69, 9.17) is 0 Å². The molecule has 2 aromatic heterocycles. The number of aromatic nitrogens is 2. The Labute approximate surface area is 120 Å². The lowest BCUT2D eigenvalue weighted by molar-refractivity contribution is -0.136. The van der Waals surface area contributed by atoms with Gasteiger partial charge in [0.05, 0.1) is 17.4 Å². The summed E-state index contributed by atoms with van der Waals surface area (Å²) in [6.45, 7) is 0. The maximum atomic E-state index is 13.0. The summed E-state index contributed by atoms with van der Waals surface area (Å²) in [6, 6.07) is 1.10. The fourth-order valence-corrected chi connectivity index (χ4v) is 2.93. The summed E-state index contributed by atoms with van der Waals surface area (Å²) in [7, 11) is 0. The van der Waals surface area contributed by atoms with Gasteiger partial charge in [-0.05, 0) is 41.5 Å². The summed E-state index contributed by atoms with van der Waals surface area (Å²) < 4.78 is 40.8. The third-order valence-corrected chi connectivity index (χ3v) is 3.96. The Hall–Kier alpha value is -0.830. The quantitative estimate of drug-likeness (QED) is 0.770. The Morgan fingerprint density at radius 1 is 1.32 bits per heavy atom. The Morgan fingerprint density at radius 3 is 2.58 bits per heavy atom. The summed E-state index contributed by atoms with van der Waals surface area (Å²) in [5.41, 5.74) is -0.160. The molecule has 0 spiro atoms. The molecular formula is C12H10F3IN2O. The van der Waals surface area contributed by atoms with Crippen molar-refractivity contribution in [1.82, 2.24) is 9.38 Å². The number of rotatable bonds is 1. The van der Waals surface area contributed by atoms with E-state index in [1.807, 2.05) is 22.6 Å². The smallest absolute Gasteiger partial charge is 0.393 e. The normalized spacial score (nSPS) is 23.6. The first-order valence-corrected chi connectivity index (χ1v) is 6.86. The number of hydrogen-bond acceptors (Lipinski definition) is 2. The van der Waals surface area contributed by atoms with Gasteiger partial charge >= 0.3 is 6.18 Å². The van der Waals surface area contributed by atoms with Crippen molar-refractivity contribution in [2.24, 2.45) is 0 Å². The molecule has 0 atom stereocenters. The molecule has 19 heavy (non-hydrogen) atoms. The third-order valence-electron chi connectivity index (χ3n) is 3.37. The molecule has 0 saturated heterocycles. The highest BCUT2D eigenvalue weighted by Gasteiger charge is 2.36. The summed E-state index contributed by atoms with van der Waals surface area (Å²) >= 11 is 1.86. The van der Waals surface area contributed by atoms with Crippen molar-refractivity contribution in [2.75, 3.05) is 0 Å². The van der Waals surface area contributed by atoms with Crippen LogP contribution in [0.15, 0.2) is 18.5 Å². The van der Waals surface area contributed by atoms with Crippen LogP contribution in [0.5, 0.6) is 0 Å². The highest BCUT2D eigenvalue weighted by atomic mass is 127. The molecule has 1 saturated carbocycles. The summed E-state index contributed by atoms with van der Waals surface area (Å²) in [5, 5.41) is 9.27. The summed E-state index contributed by atoms with van der Waals surface area (Å²) in [4.78, 5) is 4.11. The molecule has 2 aromatic rings. The Kier molecular flexibility index (Phi) is 3.01. The second kappa shape index (κ2) is 4.34. The first-order valence-electron chi connectivity index (χ1n) is 5.78. The second-order valence-electron chi connectivity index (χ2n) is 4.79. The van der Waals surface area contributed by atoms with E-state index in [0.717, 1.165) is 6.07 Å². The van der Waals surface area contributed by atoms with Gasteiger partial charge in [0, 0.05) is 21.9 Å². The Balaban J connectivity index is 2.11. The van der Waals surface area contributed by atoms with Gasteiger partial charge in [0.1, 0.15) is 5.65 Å².